The molecule has 0 aliphatic carbocycles. The Morgan fingerprint density at radius 2 is 2.00 bits per heavy atom. The Labute approximate surface area is 117 Å². The van der Waals surface area contributed by atoms with Gasteiger partial charge in [-0.2, -0.15) is 4.31 Å². The van der Waals surface area contributed by atoms with Crippen molar-refractivity contribution in [3.8, 4) is 5.75 Å². The van der Waals surface area contributed by atoms with Crippen LogP contribution in [0.4, 0.5) is 5.69 Å². The number of phenolic OH excluding ortho intramolecular Hbond substituents is 1. The van der Waals surface area contributed by atoms with Gasteiger partial charge in [0.2, 0.25) is 15.9 Å². The number of morpholine rings is 1. The van der Waals surface area contributed by atoms with Crippen LogP contribution in [0.15, 0.2) is 23.1 Å². The van der Waals surface area contributed by atoms with Gasteiger partial charge in [0.15, 0.2) is 0 Å². The standard InChI is InChI=1S/C12H16N2O5S/c1-9(15)13-11-8-10(2-3-12(11)16)20(17,18)14-4-6-19-7-5-14/h2-3,8,16H,4-7H2,1H3,(H,13,15). The Balaban J connectivity index is 2.33. The van der Waals surface area contributed by atoms with Crippen molar-refractivity contribution < 1.29 is 23.1 Å². The minimum Gasteiger partial charge on any atom is -0.506 e. The first-order valence-corrected chi connectivity index (χ1v) is 7.54. The van der Waals surface area contributed by atoms with Gasteiger partial charge in [0.1, 0.15) is 5.75 Å². The third kappa shape index (κ3) is 3.09. The molecule has 1 amide bonds. The predicted octanol–water partition coefficient (Wildman–Crippen LogP) is 0.371. The number of rotatable bonds is 3. The lowest BCUT2D eigenvalue weighted by atomic mass is 10.3. The molecule has 1 aromatic carbocycles. The van der Waals surface area contributed by atoms with Crippen LogP contribution < -0.4 is 5.32 Å². The van der Waals surface area contributed by atoms with Crippen LogP contribution >= 0.6 is 0 Å². The summed E-state index contributed by atoms with van der Waals surface area (Å²) in [6, 6.07) is 3.81. The minimum absolute atomic E-state index is 0.0287. The van der Waals surface area contributed by atoms with Gasteiger partial charge in [0.25, 0.3) is 0 Å². The van der Waals surface area contributed by atoms with E-state index in [1.165, 1.54) is 29.4 Å². The molecule has 1 aromatic rings. The van der Waals surface area contributed by atoms with Gasteiger partial charge >= 0.3 is 0 Å². The molecule has 1 aliphatic rings. The molecule has 0 aromatic heterocycles. The Hall–Kier alpha value is -1.64. The lowest BCUT2D eigenvalue weighted by molar-refractivity contribution is -0.114. The molecule has 0 atom stereocenters. The molecule has 8 heteroatoms. The number of hydrogen-bond acceptors (Lipinski definition) is 5. The van der Waals surface area contributed by atoms with Gasteiger partial charge in [-0.15, -0.1) is 0 Å². The van der Waals surface area contributed by atoms with Crippen molar-refractivity contribution in [1.82, 2.24) is 4.31 Å². The average molecular weight is 300 g/mol. The summed E-state index contributed by atoms with van der Waals surface area (Å²) >= 11 is 0. The number of carbonyl (C=O) groups excluding carboxylic acids is 1. The van der Waals surface area contributed by atoms with Crippen LogP contribution in [0.3, 0.4) is 0 Å². The van der Waals surface area contributed by atoms with E-state index >= 15 is 0 Å². The van der Waals surface area contributed by atoms with E-state index < -0.39 is 10.0 Å². The van der Waals surface area contributed by atoms with Crippen molar-refractivity contribution >= 4 is 21.6 Å². The number of anilines is 1. The molecule has 20 heavy (non-hydrogen) atoms. The minimum atomic E-state index is -3.65. The molecule has 110 valence electrons. The second kappa shape index (κ2) is 5.78. The maximum atomic E-state index is 12.4. The van der Waals surface area contributed by atoms with E-state index in [0.29, 0.717) is 26.3 Å². The summed E-state index contributed by atoms with van der Waals surface area (Å²) in [5.41, 5.74) is 0.0758. The number of sulfonamides is 1. The van der Waals surface area contributed by atoms with E-state index in [1.807, 2.05) is 0 Å². The molecule has 0 saturated carbocycles. The fraction of sp³-hybridized carbons (Fsp3) is 0.417. The van der Waals surface area contributed by atoms with Gasteiger partial charge < -0.3 is 15.2 Å². The summed E-state index contributed by atoms with van der Waals surface area (Å²) in [4.78, 5) is 11.1. The topological polar surface area (TPSA) is 95.9 Å². The van der Waals surface area contributed by atoms with Gasteiger partial charge in [0.05, 0.1) is 23.8 Å². The molecule has 1 aliphatic heterocycles. The summed E-state index contributed by atoms with van der Waals surface area (Å²) in [7, 11) is -3.65. The van der Waals surface area contributed by atoms with Crippen molar-refractivity contribution in [3.05, 3.63) is 18.2 Å². The monoisotopic (exact) mass is 300 g/mol. The molecular formula is C12H16N2O5S. The van der Waals surface area contributed by atoms with E-state index in [2.05, 4.69) is 5.32 Å². The zero-order valence-corrected chi connectivity index (χ0v) is 11.8. The highest BCUT2D eigenvalue weighted by atomic mass is 32.2. The third-order valence-electron chi connectivity index (χ3n) is 2.89. The highest BCUT2D eigenvalue weighted by Gasteiger charge is 2.27. The molecule has 1 fully saturated rings. The van der Waals surface area contributed by atoms with Crippen LogP contribution in [-0.2, 0) is 19.6 Å². The lowest BCUT2D eigenvalue weighted by Crippen LogP contribution is -2.40. The van der Waals surface area contributed by atoms with Gasteiger partial charge in [-0.05, 0) is 18.2 Å². The lowest BCUT2D eigenvalue weighted by Gasteiger charge is -2.26. The van der Waals surface area contributed by atoms with Crippen molar-refractivity contribution in [2.45, 2.75) is 11.8 Å². The van der Waals surface area contributed by atoms with Crippen LogP contribution in [0.1, 0.15) is 6.92 Å². The van der Waals surface area contributed by atoms with Crippen LogP contribution in [0.5, 0.6) is 5.75 Å². The SMILES string of the molecule is CC(=O)Nc1cc(S(=O)(=O)N2CCOCC2)ccc1O. The third-order valence-corrected chi connectivity index (χ3v) is 4.78. The van der Waals surface area contributed by atoms with Crippen molar-refractivity contribution in [1.29, 1.82) is 0 Å². The van der Waals surface area contributed by atoms with Crippen molar-refractivity contribution in [2.75, 3.05) is 31.6 Å². The number of benzene rings is 1. The summed E-state index contributed by atoms with van der Waals surface area (Å²) in [5, 5.41) is 12.0. The van der Waals surface area contributed by atoms with Crippen LogP contribution in [0, 0.1) is 0 Å². The molecule has 0 bridgehead atoms. The number of phenols is 1. The second-order valence-corrected chi connectivity index (χ2v) is 6.31. The smallest absolute Gasteiger partial charge is 0.243 e. The number of nitrogens with zero attached hydrogens (tertiary/aromatic N) is 1. The normalized spacial score (nSPS) is 16.9. The van der Waals surface area contributed by atoms with Gasteiger partial charge in [0, 0.05) is 20.0 Å². The van der Waals surface area contributed by atoms with E-state index in [-0.39, 0.29) is 22.2 Å². The Bertz CT molecular complexity index is 608. The molecular weight excluding hydrogens is 284 g/mol. The fourth-order valence-electron chi connectivity index (χ4n) is 1.90. The molecule has 0 radical (unpaired) electrons. The van der Waals surface area contributed by atoms with Crippen LogP contribution in [-0.4, -0.2) is 50.0 Å². The maximum Gasteiger partial charge on any atom is 0.243 e. The molecule has 7 nitrogen and oxygen atoms in total. The highest BCUT2D eigenvalue weighted by Crippen LogP contribution is 2.28. The molecule has 0 spiro atoms. The largest absolute Gasteiger partial charge is 0.506 e. The zero-order chi connectivity index (χ0) is 14.8. The fourth-order valence-corrected chi connectivity index (χ4v) is 3.34. The first kappa shape index (κ1) is 14.8. The van der Waals surface area contributed by atoms with Crippen molar-refractivity contribution in [3.63, 3.8) is 0 Å². The molecule has 1 saturated heterocycles. The Kier molecular flexibility index (Phi) is 4.26. The Morgan fingerprint density at radius 1 is 1.35 bits per heavy atom. The quantitative estimate of drug-likeness (QED) is 0.786. The van der Waals surface area contributed by atoms with Crippen molar-refractivity contribution in [2.24, 2.45) is 0 Å². The van der Waals surface area contributed by atoms with E-state index in [4.69, 9.17) is 4.74 Å². The number of carbonyl (C=O) groups is 1. The van der Waals surface area contributed by atoms with E-state index in [9.17, 15) is 18.3 Å². The summed E-state index contributed by atoms with van der Waals surface area (Å²) in [5.74, 6) is -0.567. The van der Waals surface area contributed by atoms with Crippen LogP contribution in [0.2, 0.25) is 0 Å². The maximum absolute atomic E-state index is 12.4. The number of nitrogens with one attached hydrogen (secondary N) is 1. The molecule has 2 N–H and O–H groups in total. The first-order valence-electron chi connectivity index (χ1n) is 6.10. The number of amides is 1. The zero-order valence-electron chi connectivity index (χ0n) is 11.0. The highest BCUT2D eigenvalue weighted by molar-refractivity contribution is 7.89. The van der Waals surface area contributed by atoms with Gasteiger partial charge in [-0.25, -0.2) is 8.42 Å². The van der Waals surface area contributed by atoms with E-state index in [0.717, 1.165) is 0 Å². The number of ether oxygens (including phenoxy) is 1. The van der Waals surface area contributed by atoms with Gasteiger partial charge in [-0.3, -0.25) is 4.79 Å². The second-order valence-electron chi connectivity index (χ2n) is 4.38. The number of aromatic hydroxyl groups is 1. The summed E-state index contributed by atoms with van der Waals surface area (Å²) in [6.07, 6.45) is 0. The van der Waals surface area contributed by atoms with E-state index in [1.54, 1.807) is 0 Å². The average Bonchev–Trinajstić information content (AvgIpc) is 2.41. The summed E-state index contributed by atoms with van der Waals surface area (Å²) in [6.45, 7) is 2.58. The number of hydrogen-bond donors (Lipinski definition) is 2. The Morgan fingerprint density at radius 3 is 2.60 bits per heavy atom. The first-order chi connectivity index (χ1) is 9.41. The van der Waals surface area contributed by atoms with Crippen LogP contribution in [0.25, 0.3) is 0 Å². The van der Waals surface area contributed by atoms with Gasteiger partial charge in [-0.1, -0.05) is 0 Å². The summed E-state index contributed by atoms with van der Waals surface area (Å²) < 4.78 is 31.3. The predicted molar refractivity (Wildman–Crippen MR) is 72.0 cm³/mol. The molecule has 1 heterocycles. The molecule has 0 unspecified atom stereocenters. The molecule has 2 rings (SSSR count).